The molecule has 0 saturated heterocycles. The average molecular weight is 275 g/mol. The summed E-state index contributed by atoms with van der Waals surface area (Å²) in [5, 5.41) is 13.8. The molecule has 6 heteroatoms. The van der Waals surface area contributed by atoms with Crippen molar-refractivity contribution < 1.29 is 14.7 Å². The van der Waals surface area contributed by atoms with E-state index in [0.717, 1.165) is 11.3 Å². The Hall–Kier alpha value is -2.50. The normalized spacial score (nSPS) is 17.1. The van der Waals surface area contributed by atoms with E-state index in [1.807, 2.05) is 30.0 Å². The highest BCUT2D eigenvalue weighted by atomic mass is 16.4. The lowest BCUT2D eigenvalue weighted by Gasteiger charge is -2.38. The molecule has 106 valence electrons. The number of aryl methyl sites for hydroxylation is 1. The van der Waals surface area contributed by atoms with Crippen LogP contribution in [0.1, 0.15) is 15.9 Å². The highest BCUT2D eigenvalue weighted by molar-refractivity contribution is 6.03. The summed E-state index contributed by atoms with van der Waals surface area (Å²) in [5.41, 5.74) is 2.31. The number of carbonyl (C=O) groups excluding carboxylic acids is 1. The van der Waals surface area contributed by atoms with E-state index in [1.165, 1.54) is 0 Å². The molecule has 20 heavy (non-hydrogen) atoms. The Morgan fingerprint density at radius 1 is 1.60 bits per heavy atom. The lowest BCUT2D eigenvalue weighted by atomic mass is 10.0. The first-order chi connectivity index (χ1) is 9.54. The highest BCUT2D eigenvalue weighted by Gasteiger charge is 2.31. The van der Waals surface area contributed by atoms with Gasteiger partial charge in [0.1, 0.15) is 6.17 Å². The highest BCUT2D eigenvalue weighted by Crippen LogP contribution is 2.28. The second-order valence-corrected chi connectivity index (χ2v) is 4.59. The van der Waals surface area contributed by atoms with E-state index in [0.29, 0.717) is 12.1 Å². The third-order valence-electron chi connectivity index (χ3n) is 3.23. The smallest absolute Gasteiger partial charge is 0.404 e. The van der Waals surface area contributed by atoms with Gasteiger partial charge >= 0.3 is 6.09 Å². The van der Waals surface area contributed by atoms with Gasteiger partial charge in [-0.1, -0.05) is 18.2 Å². The monoisotopic (exact) mass is 275 g/mol. The predicted molar refractivity (Wildman–Crippen MR) is 76.0 cm³/mol. The van der Waals surface area contributed by atoms with Gasteiger partial charge in [0.15, 0.2) is 0 Å². The van der Waals surface area contributed by atoms with Crippen LogP contribution >= 0.6 is 0 Å². The quantitative estimate of drug-likeness (QED) is 0.724. The minimum Gasteiger partial charge on any atom is -0.465 e. The summed E-state index contributed by atoms with van der Waals surface area (Å²) in [5.74, 6) is -0.185. The van der Waals surface area contributed by atoms with Crippen LogP contribution < -0.4 is 15.5 Å². The molecular formula is C14H17N3O3. The molecule has 0 aliphatic carbocycles. The van der Waals surface area contributed by atoms with Crippen LogP contribution in [0.15, 0.2) is 30.9 Å². The maximum absolute atomic E-state index is 12.2. The topological polar surface area (TPSA) is 81.7 Å². The second kappa shape index (κ2) is 5.64. The van der Waals surface area contributed by atoms with Gasteiger partial charge in [0.05, 0.1) is 17.8 Å². The lowest BCUT2D eigenvalue weighted by molar-refractivity contribution is 0.0925. The van der Waals surface area contributed by atoms with Crippen molar-refractivity contribution in [2.45, 2.75) is 13.1 Å². The van der Waals surface area contributed by atoms with Gasteiger partial charge in [-0.15, -0.1) is 6.58 Å². The molecule has 1 aliphatic heterocycles. The van der Waals surface area contributed by atoms with E-state index < -0.39 is 12.3 Å². The minimum absolute atomic E-state index is 0.113. The van der Waals surface area contributed by atoms with E-state index >= 15 is 0 Å². The van der Waals surface area contributed by atoms with Crippen LogP contribution in [-0.4, -0.2) is 36.4 Å². The van der Waals surface area contributed by atoms with Gasteiger partial charge in [-0.05, 0) is 18.6 Å². The van der Waals surface area contributed by atoms with Crippen LogP contribution in [0.4, 0.5) is 10.5 Å². The van der Waals surface area contributed by atoms with Crippen molar-refractivity contribution in [2.75, 3.05) is 18.0 Å². The summed E-state index contributed by atoms with van der Waals surface area (Å²) in [7, 11) is 0. The summed E-state index contributed by atoms with van der Waals surface area (Å²) >= 11 is 0. The second-order valence-electron chi connectivity index (χ2n) is 4.59. The number of hydrogen-bond acceptors (Lipinski definition) is 3. The van der Waals surface area contributed by atoms with Crippen LogP contribution in [0.5, 0.6) is 0 Å². The summed E-state index contributed by atoms with van der Waals surface area (Å²) < 4.78 is 0. The molecule has 0 radical (unpaired) electrons. The van der Waals surface area contributed by atoms with Gasteiger partial charge in [0.2, 0.25) is 0 Å². The Kier molecular flexibility index (Phi) is 3.93. The molecule has 2 amide bonds. The first-order valence-electron chi connectivity index (χ1n) is 6.29. The molecule has 0 spiro atoms. The van der Waals surface area contributed by atoms with Crippen molar-refractivity contribution in [3.05, 3.63) is 42.0 Å². The zero-order valence-corrected chi connectivity index (χ0v) is 11.2. The fourth-order valence-electron chi connectivity index (χ4n) is 2.37. The van der Waals surface area contributed by atoms with E-state index in [1.54, 1.807) is 6.08 Å². The van der Waals surface area contributed by atoms with E-state index in [-0.39, 0.29) is 12.5 Å². The Labute approximate surface area is 117 Å². The summed E-state index contributed by atoms with van der Waals surface area (Å²) in [6.45, 7) is 6.21. The zero-order chi connectivity index (χ0) is 14.7. The molecule has 1 aromatic carbocycles. The van der Waals surface area contributed by atoms with Crippen molar-refractivity contribution >= 4 is 17.7 Å². The first-order valence-corrected chi connectivity index (χ1v) is 6.29. The summed E-state index contributed by atoms with van der Waals surface area (Å²) in [6, 6.07) is 5.61. The van der Waals surface area contributed by atoms with Crippen LogP contribution in [0, 0.1) is 6.92 Å². The molecular weight excluding hydrogens is 258 g/mol. The Morgan fingerprint density at radius 2 is 2.35 bits per heavy atom. The number of fused-ring (bicyclic) bond motifs is 1. The third kappa shape index (κ3) is 2.59. The van der Waals surface area contributed by atoms with Gasteiger partial charge in [-0.2, -0.15) is 0 Å². The van der Waals surface area contributed by atoms with Gasteiger partial charge in [0, 0.05) is 6.54 Å². The maximum Gasteiger partial charge on any atom is 0.404 e. The SMILES string of the molecule is C=CCN1c2cccc(C)c2C(=O)NC1CNC(=O)O. The molecule has 1 atom stereocenters. The van der Waals surface area contributed by atoms with Crippen molar-refractivity contribution in [3.8, 4) is 0 Å². The molecule has 0 saturated carbocycles. The van der Waals surface area contributed by atoms with Crippen LogP contribution in [-0.2, 0) is 0 Å². The summed E-state index contributed by atoms with van der Waals surface area (Å²) in [4.78, 5) is 24.7. The molecule has 0 bridgehead atoms. The largest absolute Gasteiger partial charge is 0.465 e. The lowest BCUT2D eigenvalue weighted by Crippen LogP contribution is -2.57. The number of carbonyl (C=O) groups is 2. The standard InChI is InChI=1S/C14H17N3O3/c1-3-7-17-10-6-4-5-9(2)12(10)13(18)16-11(17)8-15-14(19)20/h3-6,11,15H,1,7-8H2,2H3,(H,16,18)(H,19,20). The van der Waals surface area contributed by atoms with Gasteiger partial charge in [-0.25, -0.2) is 4.79 Å². The number of nitrogens with zero attached hydrogens (tertiary/aromatic N) is 1. The van der Waals surface area contributed by atoms with Crippen molar-refractivity contribution in [2.24, 2.45) is 0 Å². The number of anilines is 1. The number of hydrogen-bond donors (Lipinski definition) is 3. The predicted octanol–water partition coefficient (Wildman–Crippen LogP) is 1.32. The summed E-state index contributed by atoms with van der Waals surface area (Å²) in [6.07, 6.45) is 0.177. The average Bonchev–Trinajstić information content (AvgIpc) is 2.39. The molecule has 3 N–H and O–H groups in total. The first kappa shape index (κ1) is 13.9. The molecule has 2 rings (SSSR count). The van der Waals surface area contributed by atoms with Gasteiger partial charge in [-0.3, -0.25) is 4.79 Å². The Balaban J connectivity index is 2.36. The maximum atomic E-state index is 12.2. The minimum atomic E-state index is -1.12. The molecule has 1 aliphatic rings. The number of carboxylic acid groups (broad SMARTS) is 1. The molecule has 1 heterocycles. The molecule has 1 unspecified atom stereocenters. The van der Waals surface area contributed by atoms with Crippen LogP contribution in [0.3, 0.4) is 0 Å². The van der Waals surface area contributed by atoms with Crippen molar-refractivity contribution in [3.63, 3.8) is 0 Å². The molecule has 6 nitrogen and oxygen atoms in total. The number of nitrogens with one attached hydrogen (secondary N) is 2. The van der Waals surface area contributed by atoms with Crippen molar-refractivity contribution in [1.82, 2.24) is 10.6 Å². The fourth-order valence-corrected chi connectivity index (χ4v) is 2.37. The van der Waals surface area contributed by atoms with E-state index in [4.69, 9.17) is 5.11 Å². The Morgan fingerprint density at radius 3 is 3.00 bits per heavy atom. The van der Waals surface area contributed by atoms with Gasteiger partial charge in [0.25, 0.3) is 5.91 Å². The van der Waals surface area contributed by atoms with Crippen LogP contribution in [0.25, 0.3) is 0 Å². The number of benzene rings is 1. The zero-order valence-electron chi connectivity index (χ0n) is 11.2. The third-order valence-corrected chi connectivity index (χ3v) is 3.23. The van der Waals surface area contributed by atoms with Gasteiger partial charge < -0.3 is 20.6 Å². The molecule has 0 fully saturated rings. The molecule has 1 aromatic rings. The van der Waals surface area contributed by atoms with E-state index in [9.17, 15) is 9.59 Å². The van der Waals surface area contributed by atoms with E-state index in [2.05, 4.69) is 17.2 Å². The van der Waals surface area contributed by atoms with Crippen LogP contribution in [0.2, 0.25) is 0 Å². The Bertz CT molecular complexity index is 557. The fraction of sp³-hybridized carbons (Fsp3) is 0.286. The molecule has 0 aromatic heterocycles. The van der Waals surface area contributed by atoms with Crippen molar-refractivity contribution in [1.29, 1.82) is 0 Å². The number of amides is 2. The number of rotatable bonds is 4.